The highest BCUT2D eigenvalue weighted by Gasteiger charge is 2.28. The molecular formula is C14H12O2S. The molecule has 0 atom stereocenters. The lowest BCUT2D eigenvalue weighted by Crippen LogP contribution is -2.03. The Labute approximate surface area is 105 Å². The van der Waals surface area contributed by atoms with Gasteiger partial charge >= 0.3 is 0 Å². The molecule has 2 nitrogen and oxygen atoms in total. The fourth-order valence-corrected chi connectivity index (χ4v) is 2.74. The lowest BCUT2D eigenvalue weighted by atomic mass is 9.93. The molecule has 3 heteroatoms. The smallest absolute Gasteiger partial charge is 0.164 e. The van der Waals surface area contributed by atoms with E-state index in [1.165, 1.54) is 0 Å². The third-order valence-electron chi connectivity index (χ3n) is 3.10. The van der Waals surface area contributed by atoms with Gasteiger partial charge in [-0.3, -0.25) is 9.59 Å². The van der Waals surface area contributed by atoms with Crippen LogP contribution in [0.3, 0.4) is 0 Å². The molecule has 0 saturated carbocycles. The van der Waals surface area contributed by atoms with Crippen LogP contribution in [0.15, 0.2) is 18.1 Å². The van der Waals surface area contributed by atoms with Gasteiger partial charge < -0.3 is 0 Å². The van der Waals surface area contributed by atoms with E-state index >= 15 is 0 Å². The first-order chi connectivity index (χ1) is 8.15. The highest BCUT2D eigenvalue weighted by molar-refractivity contribution is 7.80. The molecule has 1 aliphatic rings. The van der Waals surface area contributed by atoms with Crippen LogP contribution in [0.2, 0.25) is 0 Å². The number of hydrogen-bond acceptors (Lipinski definition) is 3. The van der Waals surface area contributed by atoms with Gasteiger partial charge in [0.05, 0.1) is 0 Å². The molecule has 17 heavy (non-hydrogen) atoms. The monoisotopic (exact) mass is 244 g/mol. The standard InChI is InChI=1S/C14H12O2S/c1-3-8-11(7-15)14(17)9(4-2)10-5-6-12(16)13(8)10/h3-4,7,17H,1-2,5-6H2. The molecule has 0 fully saturated rings. The van der Waals surface area contributed by atoms with Crippen LogP contribution in [0.25, 0.3) is 12.2 Å². The number of carbonyl (C=O) groups excluding carboxylic acids is 2. The predicted molar refractivity (Wildman–Crippen MR) is 71.9 cm³/mol. The number of fused-ring (bicyclic) bond motifs is 1. The summed E-state index contributed by atoms with van der Waals surface area (Å²) in [6, 6.07) is 0. The van der Waals surface area contributed by atoms with E-state index in [0.29, 0.717) is 34.4 Å². The maximum Gasteiger partial charge on any atom is 0.164 e. The molecule has 0 bridgehead atoms. The summed E-state index contributed by atoms with van der Waals surface area (Å²) in [7, 11) is 0. The molecule has 0 spiro atoms. The first-order valence-corrected chi connectivity index (χ1v) is 5.75. The number of rotatable bonds is 3. The van der Waals surface area contributed by atoms with Crippen molar-refractivity contribution in [3.63, 3.8) is 0 Å². The molecule has 0 heterocycles. The minimum Gasteiger partial charge on any atom is -0.298 e. The van der Waals surface area contributed by atoms with E-state index in [2.05, 4.69) is 25.8 Å². The van der Waals surface area contributed by atoms with Gasteiger partial charge in [0.2, 0.25) is 0 Å². The second-order valence-corrected chi connectivity index (χ2v) is 4.34. The minimum absolute atomic E-state index is 0.0643. The zero-order chi connectivity index (χ0) is 12.6. The Morgan fingerprint density at radius 2 is 1.71 bits per heavy atom. The summed E-state index contributed by atoms with van der Waals surface area (Å²) in [4.78, 5) is 23.6. The number of carbonyl (C=O) groups is 2. The second-order valence-electron chi connectivity index (χ2n) is 3.89. The average Bonchev–Trinajstić information content (AvgIpc) is 2.70. The maximum absolute atomic E-state index is 11.9. The Bertz CT molecular complexity index is 556. The van der Waals surface area contributed by atoms with Crippen molar-refractivity contribution in [1.82, 2.24) is 0 Å². The first-order valence-electron chi connectivity index (χ1n) is 5.30. The molecular weight excluding hydrogens is 232 g/mol. The van der Waals surface area contributed by atoms with E-state index in [1.54, 1.807) is 12.2 Å². The van der Waals surface area contributed by atoms with Gasteiger partial charge in [-0.15, -0.1) is 12.6 Å². The van der Waals surface area contributed by atoms with Gasteiger partial charge in [-0.1, -0.05) is 25.3 Å². The van der Waals surface area contributed by atoms with E-state index in [1.807, 2.05) is 0 Å². The maximum atomic E-state index is 11.9. The van der Waals surface area contributed by atoms with Gasteiger partial charge in [0, 0.05) is 22.4 Å². The normalized spacial score (nSPS) is 13.4. The summed E-state index contributed by atoms with van der Waals surface area (Å²) in [5.74, 6) is 0.0643. The van der Waals surface area contributed by atoms with E-state index in [4.69, 9.17) is 0 Å². The van der Waals surface area contributed by atoms with Crippen LogP contribution in [0.4, 0.5) is 0 Å². The average molecular weight is 244 g/mol. The van der Waals surface area contributed by atoms with Crippen molar-refractivity contribution >= 4 is 36.9 Å². The third kappa shape index (κ3) is 1.58. The number of thiol groups is 1. The van der Waals surface area contributed by atoms with Crippen molar-refractivity contribution in [3.05, 3.63) is 41.0 Å². The zero-order valence-electron chi connectivity index (χ0n) is 9.32. The molecule has 0 saturated heterocycles. The fourth-order valence-electron chi connectivity index (χ4n) is 2.34. The van der Waals surface area contributed by atoms with Gasteiger partial charge in [-0.05, 0) is 23.1 Å². The molecule has 1 aromatic carbocycles. The van der Waals surface area contributed by atoms with Crippen LogP contribution < -0.4 is 0 Å². The molecule has 2 rings (SSSR count). The number of benzene rings is 1. The van der Waals surface area contributed by atoms with Crippen molar-refractivity contribution in [1.29, 1.82) is 0 Å². The molecule has 0 unspecified atom stereocenters. The Hall–Kier alpha value is -1.61. The van der Waals surface area contributed by atoms with Gasteiger partial charge in [0.25, 0.3) is 0 Å². The van der Waals surface area contributed by atoms with Crippen molar-refractivity contribution < 1.29 is 9.59 Å². The topological polar surface area (TPSA) is 34.1 Å². The molecule has 1 aliphatic carbocycles. The van der Waals surface area contributed by atoms with Crippen LogP contribution in [-0.2, 0) is 6.42 Å². The molecule has 1 aromatic rings. The van der Waals surface area contributed by atoms with E-state index in [9.17, 15) is 9.59 Å². The molecule has 86 valence electrons. The van der Waals surface area contributed by atoms with Crippen molar-refractivity contribution in [2.75, 3.05) is 0 Å². The summed E-state index contributed by atoms with van der Waals surface area (Å²) in [5.41, 5.74) is 3.38. The highest BCUT2D eigenvalue weighted by atomic mass is 32.1. The van der Waals surface area contributed by atoms with Crippen molar-refractivity contribution in [2.45, 2.75) is 17.7 Å². The van der Waals surface area contributed by atoms with Gasteiger partial charge in [0.1, 0.15) is 0 Å². The summed E-state index contributed by atoms with van der Waals surface area (Å²) >= 11 is 4.36. The van der Waals surface area contributed by atoms with Gasteiger partial charge in [0.15, 0.2) is 12.1 Å². The van der Waals surface area contributed by atoms with E-state index in [0.717, 1.165) is 17.4 Å². The highest BCUT2D eigenvalue weighted by Crippen LogP contribution is 2.36. The van der Waals surface area contributed by atoms with Gasteiger partial charge in [-0.2, -0.15) is 0 Å². The number of hydrogen-bond donors (Lipinski definition) is 1. The van der Waals surface area contributed by atoms with E-state index in [-0.39, 0.29) is 5.78 Å². The van der Waals surface area contributed by atoms with Crippen LogP contribution in [0.5, 0.6) is 0 Å². The third-order valence-corrected chi connectivity index (χ3v) is 3.59. The summed E-state index contributed by atoms with van der Waals surface area (Å²) in [6.07, 6.45) is 5.09. The van der Waals surface area contributed by atoms with Crippen molar-refractivity contribution in [3.8, 4) is 0 Å². The Balaban J connectivity index is 2.95. The molecule has 0 N–H and O–H groups in total. The number of ketones is 1. The van der Waals surface area contributed by atoms with Crippen LogP contribution >= 0.6 is 12.6 Å². The Kier molecular flexibility index (Phi) is 3.03. The fraction of sp³-hybridized carbons (Fsp3) is 0.143. The quantitative estimate of drug-likeness (QED) is 0.654. The SMILES string of the molecule is C=Cc1c(S)c(C=O)c(C=C)c2c1CCC2=O. The first kappa shape index (κ1) is 11.9. The van der Waals surface area contributed by atoms with Crippen LogP contribution in [0.1, 0.15) is 43.8 Å². The molecule has 0 radical (unpaired) electrons. The Morgan fingerprint density at radius 3 is 2.24 bits per heavy atom. The summed E-state index contributed by atoms with van der Waals surface area (Å²) in [6.45, 7) is 7.40. The van der Waals surface area contributed by atoms with Crippen LogP contribution in [0, 0.1) is 0 Å². The van der Waals surface area contributed by atoms with E-state index < -0.39 is 0 Å². The molecule has 0 aromatic heterocycles. The van der Waals surface area contributed by atoms with Gasteiger partial charge in [-0.25, -0.2) is 0 Å². The Morgan fingerprint density at radius 1 is 1.06 bits per heavy atom. The zero-order valence-corrected chi connectivity index (χ0v) is 10.2. The lowest BCUT2D eigenvalue weighted by Gasteiger charge is -2.13. The minimum atomic E-state index is 0.0643. The molecule has 0 aliphatic heterocycles. The number of aldehydes is 1. The number of Topliss-reactive ketones (excluding diaryl/α,β-unsaturated/α-hetero) is 1. The second kappa shape index (κ2) is 4.34. The summed E-state index contributed by atoms with van der Waals surface area (Å²) < 4.78 is 0. The predicted octanol–water partition coefficient (Wildman–Crippen LogP) is 3.20. The lowest BCUT2D eigenvalue weighted by molar-refractivity contribution is 0.0994. The summed E-state index contributed by atoms with van der Waals surface area (Å²) in [5, 5.41) is 0. The molecule has 0 amide bonds. The van der Waals surface area contributed by atoms with Crippen molar-refractivity contribution in [2.24, 2.45) is 0 Å². The largest absolute Gasteiger partial charge is 0.298 e. The van der Waals surface area contributed by atoms with Crippen LogP contribution in [-0.4, -0.2) is 12.1 Å².